The number of aliphatic hydroxyl groups is 1. The minimum atomic E-state index is -1.54. The van der Waals surface area contributed by atoms with Crippen molar-refractivity contribution in [1.29, 1.82) is 0 Å². The van der Waals surface area contributed by atoms with Gasteiger partial charge in [-0.15, -0.1) is 0 Å². The summed E-state index contributed by atoms with van der Waals surface area (Å²) in [7, 11) is 0. The molecular weight excluding hydrogens is 356 g/mol. The molecule has 0 spiro atoms. The van der Waals surface area contributed by atoms with Crippen LogP contribution in [-0.2, 0) is 14.4 Å². The van der Waals surface area contributed by atoms with Crippen molar-refractivity contribution >= 4 is 23.8 Å². The van der Waals surface area contributed by atoms with Crippen LogP contribution >= 0.6 is 0 Å². The van der Waals surface area contributed by atoms with Gasteiger partial charge in [-0.05, 0) is 26.2 Å². The first-order chi connectivity index (χ1) is 12.8. The number of amides is 4. The third-order valence-electron chi connectivity index (χ3n) is 4.49. The Balaban J connectivity index is 2.88. The third-order valence-corrected chi connectivity index (χ3v) is 4.49. The predicted octanol–water partition coefficient (Wildman–Crippen LogP) is -0.679. The summed E-state index contributed by atoms with van der Waals surface area (Å²) in [6, 6.07) is -2.00. The molecular formula is C17H30N4O6. The Morgan fingerprint density at radius 3 is 2.44 bits per heavy atom. The van der Waals surface area contributed by atoms with Gasteiger partial charge in [0.25, 0.3) is 5.91 Å². The van der Waals surface area contributed by atoms with Gasteiger partial charge in [-0.25, -0.2) is 4.79 Å². The highest BCUT2D eigenvalue weighted by Gasteiger charge is 2.35. The van der Waals surface area contributed by atoms with Crippen LogP contribution < -0.4 is 21.3 Å². The first kappa shape index (κ1) is 22.7. The minimum absolute atomic E-state index is 0.0867. The van der Waals surface area contributed by atoms with Crippen molar-refractivity contribution in [3.63, 3.8) is 0 Å². The zero-order chi connectivity index (χ0) is 20.4. The lowest BCUT2D eigenvalue weighted by Crippen LogP contribution is -2.56. The first-order valence-corrected chi connectivity index (χ1v) is 9.33. The number of hydrogen-bond donors (Lipinski definition) is 6. The fraction of sp³-hybridized carbons (Fsp3) is 0.765. The molecule has 0 aliphatic carbocycles. The maximum atomic E-state index is 12.6. The predicted molar refractivity (Wildman–Crippen MR) is 96.8 cm³/mol. The zero-order valence-electron chi connectivity index (χ0n) is 15.8. The summed E-state index contributed by atoms with van der Waals surface area (Å²) in [4.78, 5) is 47.4. The zero-order valence-corrected chi connectivity index (χ0v) is 15.8. The first-order valence-electron chi connectivity index (χ1n) is 9.33. The van der Waals surface area contributed by atoms with Crippen LogP contribution in [0.25, 0.3) is 0 Å². The van der Waals surface area contributed by atoms with E-state index < -0.39 is 42.0 Å². The van der Waals surface area contributed by atoms with Crippen molar-refractivity contribution in [2.75, 3.05) is 13.1 Å². The van der Waals surface area contributed by atoms with Crippen LogP contribution in [0, 0.1) is 5.92 Å². The highest BCUT2D eigenvalue weighted by Crippen LogP contribution is 2.18. The highest BCUT2D eigenvalue weighted by atomic mass is 16.4. The summed E-state index contributed by atoms with van der Waals surface area (Å²) >= 11 is 0. The van der Waals surface area contributed by atoms with E-state index in [9.17, 15) is 24.3 Å². The molecule has 4 atom stereocenters. The van der Waals surface area contributed by atoms with Gasteiger partial charge in [0, 0.05) is 19.0 Å². The molecule has 1 aliphatic rings. The lowest BCUT2D eigenvalue weighted by Gasteiger charge is -2.27. The molecule has 0 aromatic heterocycles. The summed E-state index contributed by atoms with van der Waals surface area (Å²) in [5.74, 6) is -1.90. The van der Waals surface area contributed by atoms with Crippen molar-refractivity contribution in [3.8, 4) is 0 Å². The second kappa shape index (κ2) is 11.4. The van der Waals surface area contributed by atoms with Crippen LogP contribution in [0.15, 0.2) is 0 Å². The molecule has 0 aromatic rings. The monoisotopic (exact) mass is 386 g/mol. The maximum absolute atomic E-state index is 12.6. The van der Waals surface area contributed by atoms with Crippen LogP contribution in [0.2, 0.25) is 0 Å². The topological polar surface area (TPSA) is 157 Å². The molecule has 1 rings (SSSR count). The van der Waals surface area contributed by atoms with Gasteiger partial charge >= 0.3 is 6.09 Å². The van der Waals surface area contributed by atoms with Gasteiger partial charge in [-0.2, -0.15) is 0 Å². The quantitative estimate of drug-likeness (QED) is 0.276. The Labute approximate surface area is 158 Å². The Morgan fingerprint density at radius 2 is 1.93 bits per heavy atom. The van der Waals surface area contributed by atoms with Gasteiger partial charge in [-0.3, -0.25) is 14.4 Å². The highest BCUT2D eigenvalue weighted by molar-refractivity contribution is 5.87. The third kappa shape index (κ3) is 7.41. The molecule has 1 heterocycles. The summed E-state index contributed by atoms with van der Waals surface area (Å²) < 4.78 is 0. The fourth-order valence-electron chi connectivity index (χ4n) is 3.01. The molecule has 6 N–H and O–H groups in total. The van der Waals surface area contributed by atoms with E-state index >= 15 is 0 Å². The number of likely N-dealkylation sites (N-methyl/N-ethyl adjacent to an activating group) is 1. The molecule has 0 saturated carbocycles. The largest absolute Gasteiger partial charge is 0.465 e. The van der Waals surface area contributed by atoms with E-state index in [4.69, 9.17) is 5.11 Å². The number of aliphatic hydroxyl groups excluding tert-OH is 1. The van der Waals surface area contributed by atoms with Crippen molar-refractivity contribution < 1.29 is 29.4 Å². The van der Waals surface area contributed by atoms with Crippen molar-refractivity contribution in [2.45, 2.75) is 64.1 Å². The van der Waals surface area contributed by atoms with E-state index in [0.29, 0.717) is 32.4 Å². The SMILES string of the molecule is CCCC[C@H](NC(=O)O)C(=O)N[C@@H](C[C@H]1CCNC1=O)C(O)C(=O)NCC. The summed E-state index contributed by atoms with van der Waals surface area (Å²) in [6.07, 6.45) is -0.543. The van der Waals surface area contributed by atoms with Crippen molar-refractivity contribution in [2.24, 2.45) is 5.92 Å². The standard InChI is InChI=1S/C17H30N4O6/c1-3-5-6-11(21-17(26)27)15(24)20-12(13(22)16(25)18-4-2)9-10-7-8-19-14(10)23/h10-13,21-22H,3-9H2,1-2H3,(H,18,25)(H,19,23)(H,20,24)(H,26,27)/t10-,11+,12+,13?/m1/s1. The molecule has 27 heavy (non-hydrogen) atoms. The Hall–Kier alpha value is -2.36. The molecule has 10 nitrogen and oxygen atoms in total. The molecule has 4 amide bonds. The lowest BCUT2D eigenvalue weighted by molar-refractivity contribution is -0.134. The van der Waals surface area contributed by atoms with E-state index in [0.717, 1.165) is 6.42 Å². The molecule has 1 fully saturated rings. The van der Waals surface area contributed by atoms with E-state index in [1.807, 2.05) is 6.92 Å². The number of carbonyl (C=O) groups excluding carboxylic acids is 3. The van der Waals surface area contributed by atoms with Gasteiger partial charge in [0.1, 0.15) is 6.04 Å². The van der Waals surface area contributed by atoms with Crippen LogP contribution in [0.3, 0.4) is 0 Å². The van der Waals surface area contributed by atoms with Gasteiger partial charge in [0.05, 0.1) is 6.04 Å². The van der Waals surface area contributed by atoms with Crippen LogP contribution in [-0.4, -0.2) is 65.3 Å². The van der Waals surface area contributed by atoms with Gasteiger partial charge in [0.15, 0.2) is 6.10 Å². The molecule has 10 heteroatoms. The van der Waals surface area contributed by atoms with Crippen LogP contribution in [0.4, 0.5) is 4.79 Å². The van der Waals surface area contributed by atoms with Crippen molar-refractivity contribution in [3.05, 3.63) is 0 Å². The Kier molecular flexibility index (Phi) is 9.55. The average Bonchev–Trinajstić information content (AvgIpc) is 3.01. The molecule has 1 saturated heterocycles. The van der Waals surface area contributed by atoms with E-state index in [2.05, 4.69) is 21.3 Å². The normalized spacial score (nSPS) is 19.5. The Bertz CT molecular complexity index is 542. The van der Waals surface area contributed by atoms with Crippen molar-refractivity contribution in [1.82, 2.24) is 21.3 Å². The molecule has 0 aromatic carbocycles. The summed E-state index contributed by atoms with van der Waals surface area (Å²) in [6.45, 7) is 4.41. The van der Waals surface area contributed by atoms with Gasteiger partial charge in [0.2, 0.25) is 11.8 Å². The number of hydrogen-bond acceptors (Lipinski definition) is 5. The second-order valence-electron chi connectivity index (χ2n) is 6.61. The molecule has 0 radical (unpaired) electrons. The summed E-state index contributed by atoms with van der Waals surface area (Å²) in [5.41, 5.74) is 0. The Morgan fingerprint density at radius 1 is 1.22 bits per heavy atom. The number of carboxylic acid groups (broad SMARTS) is 1. The second-order valence-corrected chi connectivity index (χ2v) is 6.61. The van der Waals surface area contributed by atoms with E-state index in [-0.39, 0.29) is 12.3 Å². The van der Waals surface area contributed by atoms with Gasteiger partial charge < -0.3 is 31.5 Å². The van der Waals surface area contributed by atoms with E-state index in [1.165, 1.54) is 0 Å². The lowest BCUT2D eigenvalue weighted by atomic mass is 9.94. The van der Waals surface area contributed by atoms with Gasteiger partial charge in [-0.1, -0.05) is 19.8 Å². The van der Waals surface area contributed by atoms with Crippen LogP contribution in [0.5, 0.6) is 0 Å². The minimum Gasteiger partial charge on any atom is -0.465 e. The molecule has 0 bridgehead atoms. The number of carbonyl (C=O) groups is 4. The number of unbranched alkanes of at least 4 members (excludes halogenated alkanes) is 1. The summed E-state index contributed by atoms with van der Waals surface area (Å²) in [5, 5.41) is 29.2. The van der Waals surface area contributed by atoms with E-state index in [1.54, 1.807) is 6.92 Å². The average molecular weight is 386 g/mol. The number of rotatable bonds is 11. The molecule has 1 unspecified atom stereocenters. The molecule has 1 aliphatic heterocycles. The molecule has 154 valence electrons. The fourth-order valence-corrected chi connectivity index (χ4v) is 3.01. The van der Waals surface area contributed by atoms with Crippen LogP contribution in [0.1, 0.15) is 46.0 Å². The smallest absolute Gasteiger partial charge is 0.405 e. The maximum Gasteiger partial charge on any atom is 0.405 e. The number of nitrogens with one attached hydrogen (secondary N) is 4.